The maximum Gasteiger partial charge on any atom is 0.310 e. The molecule has 1 unspecified atom stereocenters. The number of nitrogen functional groups attached to an aromatic ring is 1. The van der Waals surface area contributed by atoms with E-state index in [-0.39, 0.29) is 6.42 Å². The van der Waals surface area contributed by atoms with Gasteiger partial charge in [-0.15, -0.1) is 0 Å². The Balaban J connectivity index is 1.75. The topological polar surface area (TPSA) is 105 Å². The van der Waals surface area contributed by atoms with Crippen LogP contribution in [-0.4, -0.2) is 41.8 Å². The fourth-order valence-electron chi connectivity index (χ4n) is 3.72. The first kappa shape index (κ1) is 23.5. The predicted octanol–water partition coefficient (Wildman–Crippen LogP) is 3.51. The summed E-state index contributed by atoms with van der Waals surface area (Å²) in [5.74, 6) is -1.46. The number of hydrogen-bond acceptors (Lipinski definition) is 6. The summed E-state index contributed by atoms with van der Waals surface area (Å²) >= 11 is 0. The van der Waals surface area contributed by atoms with Gasteiger partial charge in [-0.2, -0.15) is 0 Å². The van der Waals surface area contributed by atoms with Crippen molar-refractivity contribution < 1.29 is 23.8 Å². The summed E-state index contributed by atoms with van der Waals surface area (Å²) < 4.78 is 19.1. The molecule has 1 aliphatic rings. The molecule has 8 heteroatoms. The molecule has 7 nitrogen and oxygen atoms in total. The third-order valence-corrected chi connectivity index (χ3v) is 5.10. The molecule has 1 atom stereocenters. The van der Waals surface area contributed by atoms with Crippen LogP contribution in [0.3, 0.4) is 0 Å². The van der Waals surface area contributed by atoms with Crippen molar-refractivity contribution in [1.82, 2.24) is 0 Å². The van der Waals surface area contributed by atoms with Crippen LogP contribution in [0.5, 0.6) is 0 Å². The average molecular weight is 444 g/mol. The molecule has 0 radical (unpaired) electrons. The molecule has 32 heavy (non-hydrogen) atoms. The number of hydrogen-bond donors (Lipinski definition) is 3. The van der Waals surface area contributed by atoms with Gasteiger partial charge in [0.25, 0.3) is 5.91 Å². The predicted molar refractivity (Wildman–Crippen MR) is 122 cm³/mol. The van der Waals surface area contributed by atoms with Gasteiger partial charge in [-0.25, -0.2) is 4.39 Å². The first-order chi connectivity index (χ1) is 15.0. The van der Waals surface area contributed by atoms with Gasteiger partial charge < -0.3 is 25.8 Å². The Hall–Kier alpha value is -3.13. The van der Waals surface area contributed by atoms with Crippen molar-refractivity contribution in [3.05, 3.63) is 53.3 Å². The lowest BCUT2D eigenvalue weighted by Crippen LogP contribution is -2.38. The smallest absolute Gasteiger partial charge is 0.310 e. The second-order valence-electron chi connectivity index (χ2n) is 9.03. The molecule has 0 aromatic heterocycles. The number of piperidine rings is 1. The number of nitrogens with one attached hydrogen (secondary N) is 1. The highest BCUT2D eigenvalue weighted by atomic mass is 19.1. The van der Waals surface area contributed by atoms with Crippen molar-refractivity contribution in [1.29, 1.82) is 0 Å². The molecular weight excluding hydrogens is 413 g/mol. The van der Waals surface area contributed by atoms with E-state index < -0.39 is 29.4 Å². The summed E-state index contributed by atoms with van der Waals surface area (Å²) in [5.41, 5.74) is 7.69. The number of anilines is 3. The number of aliphatic hydroxyl groups excluding tert-OH is 1. The molecule has 2 aromatic carbocycles. The van der Waals surface area contributed by atoms with E-state index in [1.807, 2.05) is 4.90 Å². The highest BCUT2D eigenvalue weighted by Gasteiger charge is 2.21. The first-order valence-electron chi connectivity index (χ1n) is 10.7. The maximum absolute atomic E-state index is 13.8. The van der Waals surface area contributed by atoms with Gasteiger partial charge >= 0.3 is 5.97 Å². The molecule has 0 saturated carbocycles. The summed E-state index contributed by atoms with van der Waals surface area (Å²) in [6.07, 6.45) is 1.06. The van der Waals surface area contributed by atoms with Crippen LogP contribution in [0.15, 0.2) is 36.4 Å². The molecule has 1 fully saturated rings. The monoisotopic (exact) mass is 443 g/mol. The molecular formula is C24H30FN3O4. The van der Waals surface area contributed by atoms with Crippen LogP contribution in [0.4, 0.5) is 21.5 Å². The number of ether oxygens (including phenoxy) is 1. The number of amides is 1. The van der Waals surface area contributed by atoms with Crippen LogP contribution in [-0.2, 0) is 16.0 Å². The minimum absolute atomic E-state index is 0.178. The van der Waals surface area contributed by atoms with E-state index in [1.54, 1.807) is 39.0 Å². The molecule has 1 heterocycles. The van der Waals surface area contributed by atoms with Crippen LogP contribution in [0.1, 0.15) is 49.5 Å². The Morgan fingerprint density at radius 3 is 2.66 bits per heavy atom. The molecule has 1 saturated heterocycles. The van der Waals surface area contributed by atoms with Crippen molar-refractivity contribution in [3.8, 4) is 0 Å². The summed E-state index contributed by atoms with van der Waals surface area (Å²) in [6, 6.07) is 8.82. The van der Waals surface area contributed by atoms with E-state index >= 15 is 0 Å². The molecule has 0 bridgehead atoms. The van der Waals surface area contributed by atoms with Crippen LogP contribution >= 0.6 is 0 Å². The Kier molecular flexibility index (Phi) is 7.03. The molecule has 0 spiro atoms. The SMILES string of the molecule is CC(C)(C)OC(=O)Cc1cc(F)ccc1NC(=O)c1ccc(N2CCCC(O)C2)c(N)c1. The zero-order valence-electron chi connectivity index (χ0n) is 18.7. The average Bonchev–Trinajstić information content (AvgIpc) is 2.68. The third-order valence-electron chi connectivity index (χ3n) is 5.10. The fourth-order valence-corrected chi connectivity index (χ4v) is 3.72. The van der Waals surface area contributed by atoms with Gasteiger partial charge in [-0.3, -0.25) is 9.59 Å². The standard InChI is InChI=1S/C24H30FN3O4/c1-24(2,3)32-22(30)13-16-11-17(25)7-8-20(16)27-23(31)15-6-9-21(19(26)12-15)28-10-4-5-18(29)14-28/h6-9,11-12,18,29H,4-5,10,13-14,26H2,1-3H3,(H,27,31). The van der Waals surface area contributed by atoms with Gasteiger partial charge in [0.2, 0.25) is 0 Å². The van der Waals surface area contributed by atoms with Crippen molar-refractivity contribution in [2.45, 2.75) is 51.7 Å². The first-order valence-corrected chi connectivity index (χ1v) is 10.7. The molecule has 4 N–H and O–H groups in total. The number of benzene rings is 2. The number of halogens is 1. The molecule has 3 rings (SSSR count). The lowest BCUT2D eigenvalue weighted by Gasteiger charge is -2.32. The van der Waals surface area contributed by atoms with Gasteiger partial charge in [-0.1, -0.05) is 0 Å². The summed E-state index contributed by atoms with van der Waals surface area (Å²) in [7, 11) is 0. The normalized spacial score (nSPS) is 16.5. The summed E-state index contributed by atoms with van der Waals surface area (Å²) in [4.78, 5) is 27.0. The van der Waals surface area contributed by atoms with Gasteiger partial charge in [0, 0.05) is 24.3 Å². The Morgan fingerprint density at radius 1 is 1.25 bits per heavy atom. The molecule has 1 amide bonds. The van der Waals surface area contributed by atoms with Crippen molar-refractivity contribution in [2.24, 2.45) is 0 Å². The quantitative estimate of drug-likeness (QED) is 0.483. The Labute approximate surface area is 187 Å². The Bertz CT molecular complexity index is 1000. The second-order valence-corrected chi connectivity index (χ2v) is 9.03. The van der Waals surface area contributed by atoms with Gasteiger partial charge in [-0.05, 0) is 75.6 Å². The van der Waals surface area contributed by atoms with E-state index in [9.17, 15) is 19.1 Å². The largest absolute Gasteiger partial charge is 0.460 e. The summed E-state index contributed by atoms with van der Waals surface area (Å²) in [6.45, 7) is 6.53. The highest BCUT2D eigenvalue weighted by molar-refractivity contribution is 6.06. The lowest BCUT2D eigenvalue weighted by atomic mass is 10.1. The minimum Gasteiger partial charge on any atom is -0.460 e. The van der Waals surface area contributed by atoms with Crippen molar-refractivity contribution in [3.63, 3.8) is 0 Å². The van der Waals surface area contributed by atoms with E-state index in [0.717, 1.165) is 25.1 Å². The van der Waals surface area contributed by atoms with Gasteiger partial charge in [0.1, 0.15) is 11.4 Å². The number of aliphatic hydroxyl groups is 1. The van der Waals surface area contributed by atoms with Crippen LogP contribution in [0, 0.1) is 5.82 Å². The van der Waals surface area contributed by atoms with Crippen LogP contribution in [0.25, 0.3) is 0 Å². The minimum atomic E-state index is -0.669. The fraction of sp³-hybridized carbons (Fsp3) is 0.417. The zero-order chi connectivity index (χ0) is 23.5. The van der Waals surface area contributed by atoms with Crippen molar-refractivity contribution >= 4 is 28.9 Å². The van der Waals surface area contributed by atoms with E-state index in [4.69, 9.17) is 10.5 Å². The Morgan fingerprint density at radius 2 is 2.00 bits per heavy atom. The molecule has 1 aliphatic heterocycles. The van der Waals surface area contributed by atoms with Crippen LogP contribution < -0.4 is 16.0 Å². The molecule has 0 aliphatic carbocycles. The number of rotatable bonds is 5. The third kappa shape index (κ3) is 6.20. The number of nitrogens with zero attached hydrogens (tertiary/aromatic N) is 1. The molecule has 172 valence electrons. The zero-order valence-corrected chi connectivity index (χ0v) is 18.7. The van der Waals surface area contributed by atoms with Gasteiger partial charge in [0.15, 0.2) is 0 Å². The second kappa shape index (κ2) is 9.56. The number of esters is 1. The van der Waals surface area contributed by atoms with E-state index in [1.165, 1.54) is 18.2 Å². The van der Waals surface area contributed by atoms with Gasteiger partial charge in [0.05, 0.1) is 23.9 Å². The summed E-state index contributed by atoms with van der Waals surface area (Å²) in [5, 5.41) is 12.6. The lowest BCUT2D eigenvalue weighted by molar-refractivity contribution is -0.153. The number of nitrogens with two attached hydrogens (primary N) is 1. The molecule has 2 aromatic rings. The maximum atomic E-state index is 13.8. The van der Waals surface area contributed by atoms with E-state index in [2.05, 4.69) is 5.32 Å². The van der Waals surface area contributed by atoms with E-state index in [0.29, 0.717) is 29.0 Å². The number of carbonyl (C=O) groups is 2. The number of carbonyl (C=O) groups excluding carboxylic acids is 2. The van der Waals surface area contributed by atoms with Crippen molar-refractivity contribution in [2.75, 3.05) is 29.0 Å². The number of β-amino-alcohol motifs (C(OH)–C–C–N with tert-alkyl or cyclic N) is 1. The van der Waals surface area contributed by atoms with Crippen LogP contribution in [0.2, 0.25) is 0 Å². The highest BCUT2D eigenvalue weighted by Crippen LogP contribution is 2.28.